The largest absolute Gasteiger partial charge is 0.467 e. The molecule has 2 heterocycles. The zero-order valence-electron chi connectivity index (χ0n) is 18.1. The van der Waals surface area contributed by atoms with Crippen molar-refractivity contribution in [2.45, 2.75) is 17.2 Å². The van der Waals surface area contributed by atoms with Gasteiger partial charge in [-0.05, 0) is 48.5 Å². The Morgan fingerprint density at radius 2 is 1.53 bits per heavy atom. The molecule has 0 atom stereocenters. The maximum Gasteiger partial charge on any atom is 0.290 e. The van der Waals surface area contributed by atoms with Gasteiger partial charge in [0.25, 0.3) is 5.91 Å². The molecule has 2 aromatic carbocycles. The summed E-state index contributed by atoms with van der Waals surface area (Å²) in [5.41, 5.74) is 0.601. The number of nitrogens with one attached hydrogen (secondary N) is 1. The van der Waals surface area contributed by atoms with Crippen LogP contribution >= 0.6 is 0 Å². The smallest absolute Gasteiger partial charge is 0.290 e. The Labute approximate surface area is 196 Å². The van der Waals surface area contributed by atoms with E-state index in [1.807, 2.05) is 6.07 Å². The average Bonchev–Trinajstić information content (AvgIpc) is 3.51. The second-order valence-electron chi connectivity index (χ2n) is 7.49. The molecule has 1 N–H and O–H groups in total. The Kier molecular flexibility index (Phi) is 6.93. The highest BCUT2D eigenvalue weighted by Gasteiger charge is 2.25. The number of furan rings is 2. The average molecular weight is 479 g/mol. The summed E-state index contributed by atoms with van der Waals surface area (Å²) in [5.74, 6) is -0.820. The minimum absolute atomic E-state index is 0.0341. The standard InChI is InChI=1S/C25H22N2O6S/c28-24(26-19-8-3-1-4-9-19)17-27(16-20-10-7-15-32-20)25(29)23-14-13-21(33-23)18-34(30,31)22-11-5-2-6-12-22/h1-15H,16-18H2,(H,26,28). The van der Waals surface area contributed by atoms with Crippen LogP contribution in [0.1, 0.15) is 22.1 Å². The summed E-state index contributed by atoms with van der Waals surface area (Å²) >= 11 is 0. The molecule has 0 radical (unpaired) electrons. The van der Waals surface area contributed by atoms with Gasteiger partial charge in [0.2, 0.25) is 5.91 Å². The summed E-state index contributed by atoms with van der Waals surface area (Å²) in [4.78, 5) is 27.2. The van der Waals surface area contributed by atoms with Crippen molar-refractivity contribution in [2.75, 3.05) is 11.9 Å². The van der Waals surface area contributed by atoms with E-state index in [0.29, 0.717) is 11.4 Å². The lowest BCUT2D eigenvalue weighted by molar-refractivity contribution is -0.117. The SMILES string of the molecule is O=C(CN(Cc1ccco1)C(=O)c1ccc(CS(=O)(=O)c2ccccc2)o1)Nc1ccccc1. The van der Waals surface area contributed by atoms with Gasteiger partial charge in [-0.3, -0.25) is 9.59 Å². The number of nitrogens with zero attached hydrogens (tertiary/aromatic N) is 1. The molecule has 0 aliphatic carbocycles. The summed E-state index contributed by atoms with van der Waals surface area (Å²) in [6, 6.07) is 23.1. The van der Waals surface area contributed by atoms with Gasteiger partial charge >= 0.3 is 0 Å². The summed E-state index contributed by atoms with van der Waals surface area (Å²) in [6.45, 7) is -0.223. The van der Waals surface area contributed by atoms with Crippen LogP contribution in [-0.4, -0.2) is 31.7 Å². The first-order chi connectivity index (χ1) is 16.4. The summed E-state index contributed by atoms with van der Waals surface area (Å²) in [6.07, 6.45) is 1.47. The van der Waals surface area contributed by atoms with Crippen LogP contribution in [0.25, 0.3) is 0 Å². The molecule has 2 amide bonds. The fraction of sp³-hybridized carbons (Fsp3) is 0.120. The van der Waals surface area contributed by atoms with Gasteiger partial charge in [0.05, 0.1) is 17.7 Å². The van der Waals surface area contributed by atoms with Crippen molar-refractivity contribution in [3.05, 3.63) is 108 Å². The van der Waals surface area contributed by atoms with E-state index in [-0.39, 0.29) is 29.5 Å². The van der Waals surface area contributed by atoms with Gasteiger partial charge in [0.15, 0.2) is 15.6 Å². The fourth-order valence-electron chi connectivity index (χ4n) is 3.31. The van der Waals surface area contributed by atoms with Gasteiger partial charge in [-0.25, -0.2) is 8.42 Å². The Hall–Kier alpha value is -4.11. The number of anilines is 1. The molecule has 174 valence electrons. The highest BCUT2D eigenvalue weighted by atomic mass is 32.2. The molecule has 0 aliphatic heterocycles. The number of para-hydroxylation sites is 1. The Bertz CT molecular complexity index is 1350. The first kappa shape index (κ1) is 23.1. The number of amides is 2. The molecule has 0 bridgehead atoms. The van der Waals surface area contributed by atoms with Crippen molar-refractivity contribution in [1.82, 2.24) is 4.90 Å². The molecule has 9 heteroatoms. The third kappa shape index (κ3) is 5.81. The van der Waals surface area contributed by atoms with Crippen LogP contribution in [0.2, 0.25) is 0 Å². The second-order valence-corrected chi connectivity index (χ2v) is 9.48. The number of benzene rings is 2. The summed E-state index contributed by atoms with van der Waals surface area (Å²) in [5, 5.41) is 2.74. The normalized spacial score (nSPS) is 11.2. The van der Waals surface area contributed by atoms with Crippen LogP contribution in [0.4, 0.5) is 5.69 Å². The van der Waals surface area contributed by atoms with Crippen LogP contribution < -0.4 is 5.32 Å². The van der Waals surface area contributed by atoms with Crippen LogP contribution in [0, 0.1) is 0 Å². The number of carbonyl (C=O) groups is 2. The molecule has 0 unspecified atom stereocenters. The van der Waals surface area contributed by atoms with Gasteiger partial charge in [0.1, 0.15) is 23.8 Å². The van der Waals surface area contributed by atoms with E-state index in [2.05, 4.69) is 5.32 Å². The Morgan fingerprint density at radius 1 is 0.824 bits per heavy atom. The quantitative estimate of drug-likeness (QED) is 0.387. The Morgan fingerprint density at radius 3 is 2.21 bits per heavy atom. The van der Waals surface area contributed by atoms with Crippen molar-refractivity contribution in [1.29, 1.82) is 0 Å². The van der Waals surface area contributed by atoms with Crippen molar-refractivity contribution >= 4 is 27.3 Å². The lowest BCUT2D eigenvalue weighted by atomic mass is 10.3. The van der Waals surface area contributed by atoms with Gasteiger partial charge in [-0.15, -0.1) is 0 Å². The van der Waals surface area contributed by atoms with E-state index in [0.717, 1.165) is 0 Å². The van der Waals surface area contributed by atoms with Crippen molar-refractivity contribution in [3.63, 3.8) is 0 Å². The number of sulfone groups is 1. The molecular formula is C25H22N2O6S. The maximum absolute atomic E-state index is 13.2. The van der Waals surface area contributed by atoms with E-state index < -0.39 is 27.4 Å². The van der Waals surface area contributed by atoms with Crippen molar-refractivity contribution in [3.8, 4) is 0 Å². The van der Waals surface area contributed by atoms with Crippen LogP contribution in [0.15, 0.2) is 105 Å². The van der Waals surface area contributed by atoms with Gasteiger partial charge in [0, 0.05) is 5.69 Å². The van der Waals surface area contributed by atoms with Crippen LogP contribution in [0.3, 0.4) is 0 Å². The summed E-state index contributed by atoms with van der Waals surface area (Å²) < 4.78 is 36.2. The van der Waals surface area contributed by atoms with Crippen molar-refractivity contribution < 1.29 is 26.8 Å². The molecule has 4 aromatic rings. The number of hydrogen-bond donors (Lipinski definition) is 1. The van der Waals surface area contributed by atoms with E-state index in [1.165, 1.54) is 35.4 Å². The molecular weight excluding hydrogens is 456 g/mol. The third-order valence-electron chi connectivity index (χ3n) is 4.91. The predicted molar refractivity (Wildman–Crippen MR) is 125 cm³/mol. The Balaban J connectivity index is 1.50. The van der Waals surface area contributed by atoms with Crippen LogP contribution in [-0.2, 0) is 26.9 Å². The molecule has 34 heavy (non-hydrogen) atoms. The fourth-order valence-corrected chi connectivity index (χ4v) is 4.58. The first-order valence-corrected chi connectivity index (χ1v) is 12.1. The molecule has 0 saturated heterocycles. The number of rotatable bonds is 9. The zero-order chi connectivity index (χ0) is 24.0. The minimum atomic E-state index is -3.64. The molecule has 0 fully saturated rings. The first-order valence-electron chi connectivity index (χ1n) is 10.4. The van der Waals surface area contributed by atoms with Gasteiger partial charge in [-0.1, -0.05) is 36.4 Å². The highest BCUT2D eigenvalue weighted by Crippen LogP contribution is 2.20. The molecule has 2 aromatic heterocycles. The summed E-state index contributed by atoms with van der Waals surface area (Å²) in [7, 11) is -3.64. The number of carbonyl (C=O) groups excluding carboxylic acids is 2. The van der Waals surface area contributed by atoms with E-state index in [9.17, 15) is 18.0 Å². The molecule has 0 aliphatic rings. The minimum Gasteiger partial charge on any atom is -0.467 e. The lowest BCUT2D eigenvalue weighted by Gasteiger charge is -2.20. The van der Waals surface area contributed by atoms with E-state index in [1.54, 1.807) is 54.6 Å². The van der Waals surface area contributed by atoms with E-state index >= 15 is 0 Å². The number of hydrogen-bond acceptors (Lipinski definition) is 6. The lowest BCUT2D eigenvalue weighted by Crippen LogP contribution is -2.37. The molecule has 0 spiro atoms. The monoisotopic (exact) mass is 478 g/mol. The highest BCUT2D eigenvalue weighted by molar-refractivity contribution is 7.90. The van der Waals surface area contributed by atoms with Crippen molar-refractivity contribution in [2.24, 2.45) is 0 Å². The topological polar surface area (TPSA) is 110 Å². The zero-order valence-corrected chi connectivity index (χ0v) is 18.9. The third-order valence-corrected chi connectivity index (χ3v) is 6.57. The van der Waals surface area contributed by atoms with Crippen LogP contribution in [0.5, 0.6) is 0 Å². The van der Waals surface area contributed by atoms with Gasteiger partial charge < -0.3 is 19.1 Å². The molecule has 8 nitrogen and oxygen atoms in total. The van der Waals surface area contributed by atoms with Gasteiger partial charge in [-0.2, -0.15) is 0 Å². The second kappa shape index (κ2) is 10.2. The molecule has 0 saturated carbocycles. The predicted octanol–water partition coefficient (Wildman–Crippen LogP) is 4.13. The molecule has 4 rings (SSSR count). The van der Waals surface area contributed by atoms with E-state index in [4.69, 9.17) is 8.83 Å². The maximum atomic E-state index is 13.2.